The molecular weight excluding hydrogens is 661 g/mol. The van der Waals surface area contributed by atoms with Crippen molar-refractivity contribution in [1.82, 2.24) is 4.57 Å². The van der Waals surface area contributed by atoms with Crippen LogP contribution in [0.3, 0.4) is 0 Å². The van der Waals surface area contributed by atoms with Crippen LogP contribution < -0.4 is 29.1 Å². The molecule has 0 amide bonds. The number of nitrogens with zero attached hydrogens (tertiary/aromatic N) is 3. The Labute approximate surface area is 285 Å². The first kappa shape index (κ1) is 33.8. The number of methoxy groups -OCH3 is 1. The number of esters is 1. The molecule has 1 aromatic heterocycles. The Hall–Kier alpha value is -4.56. The quantitative estimate of drug-likeness (QED) is 0.178. The van der Waals surface area contributed by atoms with E-state index in [1.165, 1.54) is 11.7 Å². The number of ether oxygens (including phenoxy) is 4. The molecule has 0 N–H and O–H groups in total. The molecule has 1 aliphatic rings. The van der Waals surface area contributed by atoms with Gasteiger partial charge in [-0.2, -0.15) is 5.26 Å². The van der Waals surface area contributed by atoms with Crippen LogP contribution in [0.4, 0.5) is 0 Å². The minimum Gasteiger partial charge on any atom is -0.493 e. The van der Waals surface area contributed by atoms with Gasteiger partial charge in [-0.15, -0.1) is 0 Å². The molecule has 47 heavy (non-hydrogen) atoms. The highest BCUT2D eigenvalue weighted by molar-refractivity contribution is 7.07. The molecule has 0 saturated heterocycles. The number of benzene rings is 3. The SMILES string of the molecule is CCOC(=O)C1=C(C)N=c2s/c(=C/c3cc(Cl)cc(Cl)c3OCc3ccc(C#N)cc3)c(=O)n2[C@@H]1c1ccc(OC(C)C)c(OC)c1. The van der Waals surface area contributed by atoms with Gasteiger partial charge >= 0.3 is 5.97 Å². The third-order valence-electron chi connectivity index (χ3n) is 7.17. The number of halogens is 2. The van der Waals surface area contributed by atoms with E-state index in [4.69, 9.17) is 47.4 Å². The van der Waals surface area contributed by atoms with Gasteiger partial charge in [0.2, 0.25) is 0 Å². The molecule has 0 radical (unpaired) electrons. The van der Waals surface area contributed by atoms with Crippen molar-refractivity contribution in [2.75, 3.05) is 13.7 Å². The van der Waals surface area contributed by atoms with Crippen LogP contribution in [0.1, 0.15) is 56.0 Å². The summed E-state index contributed by atoms with van der Waals surface area (Å²) in [6.45, 7) is 7.57. The number of rotatable bonds is 10. The summed E-state index contributed by atoms with van der Waals surface area (Å²) < 4.78 is 24.9. The predicted octanol–water partition coefficient (Wildman–Crippen LogP) is 6.35. The third kappa shape index (κ3) is 7.23. The third-order valence-corrected chi connectivity index (χ3v) is 8.65. The highest BCUT2D eigenvalue weighted by atomic mass is 35.5. The van der Waals surface area contributed by atoms with Gasteiger partial charge in [-0.25, -0.2) is 9.79 Å². The summed E-state index contributed by atoms with van der Waals surface area (Å²) in [5, 5.41) is 9.72. The molecule has 0 bridgehead atoms. The van der Waals surface area contributed by atoms with Gasteiger partial charge in [0.25, 0.3) is 5.56 Å². The van der Waals surface area contributed by atoms with E-state index in [-0.39, 0.29) is 35.5 Å². The van der Waals surface area contributed by atoms with Gasteiger partial charge in [-0.05, 0) is 81.3 Å². The van der Waals surface area contributed by atoms with E-state index < -0.39 is 12.0 Å². The van der Waals surface area contributed by atoms with E-state index in [9.17, 15) is 9.59 Å². The minimum atomic E-state index is -0.857. The highest BCUT2D eigenvalue weighted by Gasteiger charge is 2.34. The summed E-state index contributed by atoms with van der Waals surface area (Å²) in [7, 11) is 1.53. The number of fused-ring (bicyclic) bond motifs is 1. The Kier molecular flexibility index (Phi) is 10.4. The average Bonchev–Trinajstić information content (AvgIpc) is 3.33. The first-order chi connectivity index (χ1) is 22.5. The van der Waals surface area contributed by atoms with Gasteiger partial charge in [0.1, 0.15) is 12.4 Å². The van der Waals surface area contributed by atoms with Gasteiger partial charge in [0.05, 0.1) is 58.3 Å². The van der Waals surface area contributed by atoms with Crippen molar-refractivity contribution in [3.05, 3.63) is 118 Å². The zero-order valence-electron chi connectivity index (χ0n) is 26.3. The summed E-state index contributed by atoms with van der Waals surface area (Å²) in [5.74, 6) is 0.739. The fraction of sp³-hybridized carbons (Fsp3) is 0.257. The number of hydrogen-bond donors (Lipinski definition) is 0. The second kappa shape index (κ2) is 14.5. The summed E-state index contributed by atoms with van der Waals surface area (Å²) >= 11 is 14.1. The van der Waals surface area contributed by atoms with E-state index >= 15 is 0 Å². The molecule has 12 heteroatoms. The molecule has 5 rings (SSSR count). The summed E-state index contributed by atoms with van der Waals surface area (Å²) in [5.41, 5.74) is 2.73. The van der Waals surface area contributed by atoms with Crippen LogP contribution in [0.25, 0.3) is 6.08 Å². The van der Waals surface area contributed by atoms with Gasteiger partial charge in [-0.3, -0.25) is 9.36 Å². The smallest absolute Gasteiger partial charge is 0.338 e. The normalized spacial score (nSPS) is 14.4. The molecule has 1 atom stereocenters. The summed E-state index contributed by atoms with van der Waals surface area (Å²) in [6.07, 6.45) is 1.55. The van der Waals surface area contributed by atoms with Crippen LogP contribution in [0.5, 0.6) is 17.2 Å². The van der Waals surface area contributed by atoms with Gasteiger partial charge < -0.3 is 18.9 Å². The van der Waals surface area contributed by atoms with Gasteiger partial charge in [0, 0.05) is 10.6 Å². The zero-order chi connectivity index (χ0) is 33.8. The Morgan fingerprint density at radius 3 is 2.53 bits per heavy atom. The van der Waals surface area contributed by atoms with Crippen molar-refractivity contribution in [3.8, 4) is 23.3 Å². The van der Waals surface area contributed by atoms with Crippen molar-refractivity contribution >= 4 is 46.6 Å². The number of carbonyl (C=O) groups excluding carboxylic acids is 1. The van der Waals surface area contributed by atoms with Crippen molar-refractivity contribution < 1.29 is 23.7 Å². The van der Waals surface area contributed by atoms with E-state index in [2.05, 4.69) is 11.1 Å². The number of thiazole rings is 1. The molecule has 242 valence electrons. The van der Waals surface area contributed by atoms with E-state index in [0.717, 1.165) is 16.9 Å². The molecule has 0 unspecified atom stereocenters. The lowest BCUT2D eigenvalue weighted by Gasteiger charge is -2.25. The van der Waals surface area contributed by atoms with E-state index in [0.29, 0.717) is 54.0 Å². The standard InChI is InChI=1S/C35H31Cl2N3O6S/c1-6-44-34(42)30-20(4)39-35-40(31(30)23-11-12-27(46-19(2)3)28(14-23)43-5)33(41)29(47-35)15-24-13-25(36)16-26(37)32(24)45-18-22-9-7-21(17-38)8-10-22/h7-16,19,31H,6,18H2,1-5H3/b29-15+/t31-/m1/s1. The molecule has 0 spiro atoms. The zero-order valence-corrected chi connectivity index (χ0v) is 28.6. The maximum absolute atomic E-state index is 14.2. The number of hydrogen-bond acceptors (Lipinski definition) is 9. The van der Waals surface area contributed by atoms with Crippen LogP contribution in [-0.4, -0.2) is 30.4 Å². The van der Waals surface area contributed by atoms with Gasteiger partial charge in [0.15, 0.2) is 16.3 Å². The minimum absolute atomic E-state index is 0.0948. The summed E-state index contributed by atoms with van der Waals surface area (Å²) in [4.78, 5) is 32.6. The molecule has 0 fully saturated rings. The maximum Gasteiger partial charge on any atom is 0.338 e. The number of nitriles is 1. The summed E-state index contributed by atoms with van der Waals surface area (Å²) in [6, 6.07) is 16.7. The first-order valence-corrected chi connectivity index (χ1v) is 16.3. The second-order valence-corrected chi connectivity index (χ2v) is 12.6. The fourth-order valence-electron chi connectivity index (χ4n) is 5.12. The lowest BCUT2D eigenvalue weighted by atomic mass is 9.95. The molecule has 2 heterocycles. The lowest BCUT2D eigenvalue weighted by Crippen LogP contribution is -2.40. The Morgan fingerprint density at radius 1 is 1.13 bits per heavy atom. The maximum atomic E-state index is 14.2. The monoisotopic (exact) mass is 691 g/mol. The van der Waals surface area contributed by atoms with Crippen LogP contribution in [0.2, 0.25) is 10.0 Å². The van der Waals surface area contributed by atoms with Crippen molar-refractivity contribution in [2.24, 2.45) is 4.99 Å². The largest absolute Gasteiger partial charge is 0.493 e. The lowest BCUT2D eigenvalue weighted by molar-refractivity contribution is -0.139. The molecule has 0 saturated carbocycles. The van der Waals surface area contributed by atoms with Crippen molar-refractivity contribution in [1.29, 1.82) is 5.26 Å². The fourth-order valence-corrected chi connectivity index (χ4v) is 6.73. The highest BCUT2D eigenvalue weighted by Crippen LogP contribution is 2.37. The van der Waals surface area contributed by atoms with E-state index in [1.54, 1.807) is 74.5 Å². The predicted molar refractivity (Wildman–Crippen MR) is 181 cm³/mol. The molecule has 4 aromatic rings. The average molecular weight is 693 g/mol. The van der Waals surface area contributed by atoms with Crippen molar-refractivity contribution in [2.45, 2.75) is 46.4 Å². The molecule has 9 nitrogen and oxygen atoms in total. The Bertz CT molecular complexity index is 2100. The molecular formula is C35H31Cl2N3O6S. The Balaban J connectivity index is 1.64. The van der Waals surface area contributed by atoms with Crippen LogP contribution in [0.15, 0.2) is 75.7 Å². The number of carbonyl (C=O) groups is 1. The van der Waals surface area contributed by atoms with Crippen LogP contribution in [0, 0.1) is 11.3 Å². The van der Waals surface area contributed by atoms with Crippen molar-refractivity contribution in [3.63, 3.8) is 0 Å². The first-order valence-electron chi connectivity index (χ1n) is 14.7. The number of aromatic nitrogens is 1. The Morgan fingerprint density at radius 2 is 1.87 bits per heavy atom. The van der Waals surface area contributed by atoms with Crippen LogP contribution in [-0.2, 0) is 16.1 Å². The molecule has 3 aromatic carbocycles. The second-order valence-electron chi connectivity index (χ2n) is 10.8. The van der Waals surface area contributed by atoms with Crippen LogP contribution >= 0.6 is 34.5 Å². The van der Waals surface area contributed by atoms with E-state index in [1.807, 2.05) is 13.8 Å². The topological polar surface area (TPSA) is 112 Å². The molecule has 1 aliphatic heterocycles. The van der Waals surface area contributed by atoms with Gasteiger partial charge in [-0.1, -0.05) is 52.7 Å². The number of allylic oxidation sites excluding steroid dienone is 1. The molecule has 0 aliphatic carbocycles.